The van der Waals surface area contributed by atoms with Crippen LogP contribution >= 0.6 is 0 Å². The molecule has 1 aliphatic rings. The molecule has 0 bridgehead atoms. The Morgan fingerprint density at radius 2 is 2.00 bits per heavy atom. The average Bonchev–Trinajstić information content (AvgIpc) is 2.81. The molecule has 2 rings (SSSR count). The average molecular weight is 247 g/mol. The van der Waals surface area contributed by atoms with Gasteiger partial charge in [-0.15, -0.1) is 0 Å². The molecule has 1 heterocycles. The summed E-state index contributed by atoms with van der Waals surface area (Å²) in [6, 6.07) is 6.57. The van der Waals surface area contributed by atoms with Gasteiger partial charge in [0, 0.05) is 12.2 Å². The van der Waals surface area contributed by atoms with E-state index in [-0.39, 0.29) is 5.91 Å². The van der Waals surface area contributed by atoms with Crippen molar-refractivity contribution >= 4 is 17.6 Å². The van der Waals surface area contributed by atoms with Crippen molar-refractivity contribution < 1.29 is 9.59 Å². The van der Waals surface area contributed by atoms with Gasteiger partial charge in [-0.1, -0.05) is 17.7 Å². The minimum absolute atomic E-state index is 0.171. The van der Waals surface area contributed by atoms with E-state index < -0.39 is 12.1 Å². The highest BCUT2D eigenvalue weighted by Crippen LogP contribution is 2.19. The Hall–Kier alpha value is -2.04. The number of nitrogens with two attached hydrogens (primary N) is 1. The molecule has 1 saturated heterocycles. The number of carbonyl (C=O) groups is 2. The second-order valence-electron chi connectivity index (χ2n) is 4.54. The summed E-state index contributed by atoms with van der Waals surface area (Å²) in [4.78, 5) is 24.7. The lowest BCUT2D eigenvalue weighted by Gasteiger charge is -2.21. The van der Waals surface area contributed by atoms with Gasteiger partial charge >= 0.3 is 6.03 Å². The number of rotatable bonds is 2. The summed E-state index contributed by atoms with van der Waals surface area (Å²) in [5.41, 5.74) is 7.12. The van der Waals surface area contributed by atoms with Gasteiger partial charge in [-0.2, -0.15) is 0 Å². The smallest absolute Gasteiger partial charge is 0.315 e. The molecule has 0 aromatic heterocycles. The van der Waals surface area contributed by atoms with Crippen LogP contribution in [0.25, 0.3) is 0 Å². The van der Waals surface area contributed by atoms with Gasteiger partial charge in [0.25, 0.3) is 0 Å². The molecule has 0 aliphatic carbocycles. The van der Waals surface area contributed by atoms with Gasteiger partial charge in [0.15, 0.2) is 0 Å². The molecule has 5 heteroatoms. The van der Waals surface area contributed by atoms with Gasteiger partial charge in [0.05, 0.1) is 0 Å². The van der Waals surface area contributed by atoms with Gasteiger partial charge in [0.2, 0.25) is 5.91 Å². The first-order valence-electron chi connectivity index (χ1n) is 6.01. The van der Waals surface area contributed by atoms with Crippen molar-refractivity contribution in [2.45, 2.75) is 25.8 Å². The second kappa shape index (κ2) is 5.08. The number of benzene rings is 1. The lowest BCUT2D eigenvalue weighted by Crippen LogP contribution is -2.45. The Bertz CT molecular complexity index is 456. The highest BCUT2D eigenvalue weighted by molar-refractivity contribution is 5.97. The van der Waals surface area contributed by atoms with E-state index in [1.165, 1.54) is 4.90 Å². The Balaban J connectivity index is 2.03. The minimum atomic E-state index is -0.531. The van der Waals surface area contributed by atoms with E-state index in [1.807, 2.05) is 31.2 Å². The van der Waals surface area contributed by atoms with Crippen molar-refractivity contribution in [3.05, 3.63) is 29.8 Å². The van der Waals surface area contributed by atoms with Crippen LogP contribution in [0, 0.1) is 6.92 Å². The Morgan fingerprint density at radius 3 is 2.61 bits per heavy atom. The fourth-order valence-electron chi connectivity index (χ4n) is 2.17. The molecule has 1 aromatic carbocycles. The summed E-state index contributed by atoms with van der Waals surface area (Å²) in [7, 11) is 0. The number of hydrogen-bond acceptors (Lipinski definition) is 2. The van der Waals surface area contributed by atoms with Crippen molar-refractivity contribution in [1.29, 1.82) is 0 Å². The number of anilines is 1. The largest absolute Gasteiger partial charge is 0.351 e. The van der Waals surface area contributed by atoms with Crippen molar-refractivity contribution in [2.75, 3.05) is 11.9 Å². The molecule has 5 nitrogen and oxygen atoms in total. The van der Waals surface area contributed by atoms with Crippen LogP contribution in [0.15, 0.2) is 24.3 Å². The number of carbonyl (C=O) groups excluding carboxylic acids is 2. The van der Waals surface area contributed by atoms with E-state index >= 15 is 0 Å². The summed E-state index contributed by atoms with van der Waals surface area (Å²) in [5, 5.41) is 2.81. The lowest BCUT2D eigenvalue weighted by molar-refractivity contribution is -0.119. The third kappa shape index (κ3) is 2.61. The maximum atomic E-state index is 12.1. The van der Waals surface area contributed by atoms with Gasteiger partial charge in [-0.25, -0.2) is 4.79 Å². The Morgan fingerprint density at radius 1 is 1.33 bits per heavy atom. The van der Waals surface area contributed by atoms with E-state index in [2.05, 4.69) is 5.32 Å². The molecule has 3 amide bonds. The summed E-state index contributed by atoms with van der Waals surface area (Å²) in [6.07, 6.45) is 1.48. The number of primary amides is 1. The zero-order valence-corrected chi connectivity index (χ0v) is 10.3. The van der Waals surface area contributed by atoms with E-state index in [1.54, 1.807) is 0 Å². The van der Waals surface area contributed by atoms with Crippen LogP contribution in [-0.4, -0.2) is 29.4 Å². The minimum Gasteiger partial charge on any atom is -0.351 e. The zero-order chi connectivity index (χ0) is 13.1. The molecule has 96 valence electrons. The molecule has 0 saturated carbocycles. The van der Waals surface area contributed by atoms with Crippen LogP contribution in [0.5, 0.6) is 0 Å². The molecule has 18 heavy (non-hydrogen) atoms. The molecule has 1 aliphatic heterocycles. The van der Waals surface area contributed by atoms with Gasteiger partial charge < -0.3 is 16.0 Å². The first-order chi connectivity index (χ1) is 8.58. The van der Waals surface area contributed by atoms with Gasteiger partial charge in [-0.3, -0.25) is 4.79 Å². The summed E-state index contributed by atoms with van der Waals surface area (Å²) >= 11 is 0. The fraction of sp³-hybridized carbons (Fsp3) is 0.385. The number of hydrogen-bond donors (Lipinski definition) is 2. The highest BCUT2D eigenvalue weighted by atomic mass is 16.2. The van der Waals surface area contributed by atoms with Gasteiger partial charge in [-0.05, 0) is 31.9 Å². The monoisotopic (exact) mass is 247 g/mol. The third-order valence-corrected chi connectivity index (χ3v) is 3.16. The SMILES string of the molecule is Cc1ccc(NC(=O)[C@H]2CCCN2C(N)=O)cc1. The topological polar surface area (TPSA) is 75.4 Å². The zero-order valence-electron chi connectivity index (χ0n) is 10.3. The van der Waals surface area contributed by atoms with Crippen LogP contribution in [0.1, 0.15) is 18.4 Å². The molecule has 0 unspecified atom stereocenters. The predicted octanol–water partition coefficient (Wildman–Crippen LogP) is 1.48. The van der Waals surface area contributed by atoms with Crippen LogP contribution in [0.2, 0.25) is 0 Å². The van der Waals surface area contributed by atoms with Crippen LogP contribution in [0.4, 0.5) is 10.5 Å². The first-order valence-corrected chi connectivity index (χ1v) is 6.01. The molecule has 0 radical (unpaired) electrons. The van der Waals surface area contributed by atoms with E-state index in [0.717, 1.165) is 17.7 Å². The van der Waals surface area contributed by atoms with E-state index in [0.29, 0.717) is 13.0 Å². The highest BCUT2D eigenvalue weighted by Gasteiger charge is 2.32. The first kappa shape index (κ1) is 12.4. The molecule has 1 fully saturated rings. The molecule has 3 N–H and O–H groups in total. The summed E-state index contributed by atoms with van der Waals surface area (Å²) in [5.74, 6) is -0.171. The molecular weight excluding hydrogens is 230 g/mol. The number of nitrogens with one attached hydrogen (secondary N) is 1. The maximum absolute atomic E-state index is 12.1. The van der Waals surface area contributed by atoms with Crippen LogP contribution < -0.4 is 11.1 Å². The van der Waals surface area contributed by atoms with Crippen LogP contribution in [-0.2, 0) is 4.79 Å². The lowest BCUT2D eigenvalue weighted by atomic mass is 10.2. The maximum Gasteiger partial charge on any atom is 0.315 e. The molecular formula is C13H17N3O2. The van der Waals surface area contributed by atoms with Crippen LogP contribution in [0.3, 0.4) is 0 Å². The standard InChI is InChI=1S/C13H17N3O2/c1-9-4-6-10(7-5-9)15-12(17)11-3-2-8-16(11)13(14)18/h4-7,11H,2-3,8H2,1H3,(H2,14,18)(H,15,17)/t11-/m1/s1. The van der Waals surface area contributed by atoms with E-state index in [4.69, 9.17) is 5.73 Å². The van der Waals surface area contributed by atoms with Crippen molar-refractivity contribution in [2.24, 2.45) is 5.73 Å². The van der Waals surface area contributed by atoms with E-state index in [9.17, 15) is 9.59 Å². The summed E-state index contributed by atoms with van der Waals surface area (Å²) < 4.78 is 0. The molecule has 1 atom stereocenters. The normalized spacial score (nSPS) is 18.7. The third-order valence-electron chi connectivity index (χ3n) is 3.16. The van der Waals surface area contributed by atoms with Crippen molar-refractivity contribution in [3.8, 4) is 0 Å². The number of urea groups is 1. The van der Waals surface area contributed by atoms with Gasteiger partial charge in [0.1, 0.15) is 6.04 Å². The van der Waals surface area contributed by atoms with Crippen molar-refractivity contribution in [3.63, 3.8) is 0 Å². The fourth-order valence-corrected chi connectivity index (χ4v) is 2.17. The second-order valence-corrected chi connectivity index (χ2v) is 4.54. The number of likely N-dealkylation sites (tertiary alicyclic amines) is 1. The number of aryl methyl sites for hydroxylation is 1. The Kier molecular flexibility index (Phi) is 3.50. The number of nitrogens with zero attached hydrogens (tertiary/aromatic N) is 1. The quantitative estimate of drug-likeness (QED) is 0.830. The van der Waals surface area contributed by atoms with Crippen molar-refractivity contribution in [1.82, 2.24) is 4.90 Å². The molecule has 1 aromatic rings. The summed E-state index contributed by atoms with van der Waals surface area (Å²) in [6.45, 7) is 2.54. The predicted molar refractivity (Wildman–Crippen MR) is 69.1 cm³/mol. The number of amides is 3. The Labute approximate surface area is 106 Å². The molecule has 0 spiro atoms.